The first-order chi connectivity index (χ1) is 16.1. The number of benzene rings is 2. The molecule has 2 aromatic carbocycles. The van der Waals surface area contributed by atoms with Crippen molar-refractivity contribution in [3.05, 3.63) is 71.4 Å². The zero-order valence-electron chi connectivity index (χ0n) is 18.9. The van der Waals surface area contributed by atoms with Gasteiger partial charge in [0.2, 0.25) is 0 Å². The maximum absolute atomic E-state index is 12.6. The molecule has 1 aliphatic rings. The van der Waals surface area contributed by atoms with Crippen LogP contribution in [0.15, 0.2) is 54.7 Å². The summed E-state index contributed by atoms with van der Waals surface area (Å²) in [6, 6.07) is 15.3. The molecular weight excluding hydrogens is 414 g/mol. The van der Waals surface area contributed by atoms with Gasteiger partial charge in [-0.3, -0.25) is 9.78 Å². The third-order valence-corrected chi connectivity index (χ3v) is 5.85. The molecule has 1 fully saturated rings. The second-order valence-electron chi connectivity index (χ2n) is 8.16. The minimum absolute atomic E-state index is 0. The fourth-order valence-corrected chi connectivity index (χ4v) is 4.03. The van der Waals surface area contributed by atoms with Crippen LogP contribution in [0.1, 0.15) is 35.8 Å². The van der Waals surface area contributed by atoms with Crippen LogP contribution < -0.4 is 20.7 Å². The van der Waals surface area contributed by atoms with Gasteiger partial charge in [0, 0.05) is 68.0 Å². The number of ether oxygens (including phenoxy) is 1. The summed E-state index contributed by atoms with van der Waals surface area (Å²) < 4.78 is 6.03. The fourth-order valence-electron chi connectivity index (χ4n) is 4.03. The predicted octanol–water partition coefficient (Wildman–Crippen LogP) is 4.62. The Balaban J connectivity index is 0.00000324. The van der Waals surface area contributed by atoms with E-state index >= 15 is 0 Å². The Morgan fingerprint density at radius 3 is 2.82 bits per heavy atom. The van der Waals surface area contributed by atoms with Crippen LogP contribution in [0.3, 0.4) is 0 Å². The lowest BCUT2D eigenvalue weighted by Crippen LogP contribution is -2.37. The van der Waals surface area contributed by atoms with Crippen LogP contribution in [0.4, 0.5) is 5.69 Å². The average molecular weight is 446 g/mol. The third-order valence-electron chi connectivity index (χ3n) is 5.85. The summed E-state index contributed by atoms with van der Waals surface area (Å²) in [7, 11) is 1.81. The molecule has 0 saturated carbocycles. The number of anilines is 1. The van der Waals surface area contributed by atoms with Crippen molar-refractivity contribution in [3.63, 3.8) is 0 Å². The molecule has 2 heterocycles. The molecule has 1 atom stereocenters. The molecule has 1 aromatic heterocycles. The molecule has 1 saturated heterocycles. The third kappa shape index (κ3) is 5.38. The van der Waals surface area contributed by atoms with Crippen molar-refractivity contribution in [2.75, 3.05) is 25.5 Å². The van der Waals surface area contributed by atoms with Crippen LogP contribution in [-0.2, 0) is 0 Å². The molecule has 7 heteroatoms. The summed E-state index contributed by atoms with van der Waals surface area (Å²) >= 11 is 0. The number of carbonyl (C=O) groups excluding carboxylic acids is 1. The molecule has 1 unspecified atom stereocenters. The number of amides is 1. The topological polar surface area (TPSA) is 99.1 Å². The van der Waals surface area contributed by atoms with Crippen molar-refractivity contribution in [2.24, 2.45) is 0 Å². The minimum atomic E-state index is -0.0495. The molecule has 3 aromatic rings. The number of nitrogens with zero attached hydrogens (tertiary/aromatic N) is 1. The monoisotopic (exact) mass is 445 g/mol. The van der Waals surface area contributed by atoms with E-state index in [9.17, 15) is 4.79 Å². The van der Waals surface area contributed by atoms with E-state index in [-0.39, 0.29) is 7.33 Å². The first-order valence-corrected chi connectivity index (χ1v) is 11.2. The fraction of sp³-hybridized carbons (Fsp3) is 0.269. The van der Waals surface area contributed by atoms with E-state index in [4.69, 9.17) is 10.1 Å². The molecule has 33 heavy (non-hydrogen) atoms. The van der Waals surface area contributed by atoms with Gasteiger partial charge in [0.05, 0.1) is 5.69 Å². The molecule has 7 nitrogen and oxygen atoms in total. The number of hydrogen-bond donors (Lipinski definition) is 4. The van der Waals surface area contributed by atoms with Gasteiger partial charge in [-0.05, 0) is 62.2 Å². The molecule has 0 bridgehead atoms. The first-order valence-electron chi connectivity index (χ1n) is 11.2. The summed E-state index contributed by atoms with van der Waals surface area (Å²) in [6.07, 6.45) is 5.28. The Hall–Kier alpha value is -3.71. The normalized spacial score (nSPS) is 15.2. The molecule has 0 aliphatic carbocycles. The van der Waals surface area contributed by atoms with Gasteiger partial charge in [0.15, 0.2) is 0 Å². The zero-order valence-corrected chi connectivity index (χ0v) is 18.9. The van der Waals surface area contributed by atoms with Crippen LogP contribution in [-0.4, -0.2) is 43.3 Å². The van der Waals surface area contributed by atoms with Crippen molar-refractivity contribution in [2.45, 2.75) is 25.8 Å². The van der Waals surface area contributed by atoms with Gasteiger partial charge >= 0.3 is 0 Å². The van der Waals surface area contributed by atoms with Crippen molar-refractivity contribution in [3.8, 4) is 22.8 Å². The molecule has 4 rings (SSSR count). The maximum atomic E-state index is 12.6. The van der Waals surface area contributed by atoms with E-state index in [0.29, 0.717) is 29.6 Å². The Bertz CT molecular complexity index is 1160. The number of rotatable bonds is 8. The smallest absolute Gasteiger partial charge is 0.251 e. The lowest BCUT2D eigenvalue weighted by Gasteiger charge is -2.13. The highest BCUT2D eigenvalue weighted by Crippen LogP contribution is 2.29. The molecule has 172 valence electrons. The van der Waals surface area contributed by atoms with Crippen LogP contribution in [0.2, 0.25) is 0 Å². The number of pyridine rings is 1. The maximum Gasteiger partial charge on any atom is 0.251 e. The van der Waals surface area contributed by atoms with E-state index in [1.165, 1.54) is 6.21 Å². The number of aryl methyl sites for hydroxylation is 1. The summed E-state index contributed by atoms with van der Waals surface area (Å²) in [4.78, 5) is 17.1. The van der Waals surface area contributed by atoms with E-state index in [2.05, 4.69) is 20.9 Å². The van der Waals surface area contributed by atoms with Crippen molar-refractivity contribution in [1.82, 2.24) is 15.6 Å². The Labute approximate surface area is 195 Å². The Morgan fingerprint density at radius 1 is 1.24 bits per heavy atom. The Morgan fingerprint density at radius 2 is 2.09 bits per heavy atom. The quantitative estimate of drug-likeness (QED) is 0.379. The zero-order chi connectivity index (χ0) is 23.2. The van der Waals surface area contributed by atoms with Crippen LogP contribution in [0.5, 0.6) is 11.5 Å². The van der Waals surface area contributed by atoms with Crippen LogP contribution in [0, 0.1) is 12.3 Å². The van der Waals surface area contributed by atoms with E-state index in [0.717, 1.165) is 47.5 Å². The van der Waals surface area contributed by atoms with Gasteiger partial charge < -0.3 is 26.1 Å². The average Bonchev–Trinajstić information content (AvgIpc) is 3.36. The van der Waals surface area contributed by atoms with Crippen LogP contribution in [0.25, 0.3) is 11.3 Å². The predicted molar refractivity (Wildman–Crippen MR) is 134 cm³/mol. The molecule has 4 N–H and O–H groups in total. The highest BCUT2D eigenvalue weighted by molar-refractivity contribution is 5.96. The second kappa shape index (κ2) is 10.3. The number of carbonyl (C=O) groups is 1. The summed E-state index contributed by atoms with van der Waals surface area (Å²) in [5.41, 5.74) is 4.88. The lowest BCUT2D eigenvalue weighted by molar-refractivity contribution is 0.0949. The van der Waals surface area contributed by atoms with Crippen LogP contribution >= 0.6 is 0 Å². The van der Waals surface area contributed by atoms with E-state index in [1.807, 2.05) is 56.4 Å². The van der Waals surface area contributed by atoms with Gasteiger partial charge in [-0.25, -0.2) is 0 Å². The Kier molecular flexibility index (Phi) is 7.00. The van der Waals surface area contributed by atoms with Gasteiger partial charge in [0.1, 0.15) is 11.5 Å². The molecule has 0 spiro atoms. The molecule has 1 aliphatic heterocycles. The summed E-state index contributed by atoms with van der Waals surface area (Å²) in [6.45, 7) is 3.61. The second-order valence-corrected chi connectivity index (χ2v) is 8.16. The first kappa shape index (κ1) is 22.5. The van der Waals surface area contributed by atoms with Crippen molar-refractivity contribution >= 4 is 17.8 Å². The molecule has 0 radical (unpaired) electrons. The van der Waals surface area contributed by atoms with E-state index in [1.54, 1.807) is 12.3 Å². The molecule has 1 amide bonds. The highest BCUT2D eigenvalue weighted by atomic mass is 16.5. The SMILES string of the molecule is CNc1cc(Oc2ccnc(-c3ccc(C(=O)NCC4CCCN4)c(C)c3)c2)ccc1C=N.[HH]. The summed E-state index contributed by atoms with van der Waals surface area (Å²) in [5.74, 6) is 1.28. The van der Waals surface area contributed by atoms with Gasteiger partial charge in [-0.1, -0.05) is 6.07 Å². The minimum Gasteiger partial charge on any atom is -0.457 e. The lowest BCUT2D eigenvalue weighted by atomic mass is 10.0. The number of hydrogen-bond acceptors (Lipinski definition) is 6. The summed E-state index contributed by atoms with van der Waals surface area (Å²) in [5, 5.41) is 17.0. The van der Waals surface area contributed by atoms with Crippen molar-refractivity contribution in [1.29, 1.82) is 5.41 Å². The number of aromatic nitrogens is 1. The molecular formula is C26H31N5O2. The van der Waals surface area contributed by atoms with Gasteiger partial charge in [0.25, 0.3) is 5.91 Å². The largest absolute Gasteiger partial charge is 0.457 e. The van der Waals surface area contributed by atoms with E-state index < -0.39 is 0 Å². The van der Waals surface area contributed by atoms with Gasteiger partial charge in [-0.15, -0.1) is 0 Å². The van der Waals surface area contributed by atoms with Crippen molar-refractivity contribution < 1.29 is 11.0 Å². The highest BCUT2D eigenvalue weighted by Gasteiger charge is 2.16. The standard InChI is InChI=1S/C26H29N5O2.H2/c1-17-12-18(6-8-23(17)26(32)31-16-20-4-3-10-29-20)25-14-22(9-11-30-25)33-21-7-5-19(15-27)24(13-21)28-2;/h5-9,11-15,20,27-29H,3-4,10,16H2,1-2H3,(H,31,32);1H. The number of nitrogens with one attached hydrogen (secondary N) is 4. The van der Waals surface area contributed by atoms with Gasteiger partial charge in [-0.2, -0.15) is 0 Å².